The highest BCUT2D eigenvalue weighted by atomic mass is 19.4. The Morgan fingerprint density at radius 1 is 1.20 bits per heavy atom. The first kappa shape index (κ1) is 17.6. The van der Waals surface area contributed by atoms with E-state index in [0.29, 0.717) is 26.3 Å². The molecule has 0 aromatic carbocycles. The molecule has 0 unspecified atom stereocenters. The van der Waals surface area contributed by atoms with Crippen molar-refractivity contribution in [2.24, 2.45) is 0 Å². The lowest BCUT2D eigenvalue weighted by Gasteiger charge is -2.23. The van der Waals surface area contributed by atoms with Gasteiger partial charge in [0.1, 0.15) is 6.10 Å². The fourth-order valence-corrected chi connectivity index (χ4v) is 2.56. The number of alkyl halides is 3. The fourth-order valence-electron chi connectivity index (χ4n) is 2.56. The summed E-state index contributed by atoms with van der Waals surface area (Å²) in [6, 6.07) is 7.93. The third kappa shape index (κ3) is 5.14. The van der Waals surface area contributed by atoms with Crippen molar-refractivity contribution < 1.29 is 22.6 Å². The van der Waals surface area contributed by atoms with Gasteiger partial charge in [-0.15, -0.1) is 0 Å². The summed E-state index contributed by atoms with van der Waals surface area (Å²) in [5.74, 6) is 0.154. The average Bonchev–Trinajstić information content (AvgIpc) is 2.80. The van der Waals surface area contributed by atoms with Gasteiger partial charge in [0, 0.05) is 38.1 Å². The van der Waals surface area contributed by atoms with E-state index in [1.807, 2.05) is 18.2 Å². The van der Waals surface area contributed by atoms with Gasteiger partial charge in [0.25, 0.3) is 0 Å². The zero-order valence-electron chi connectivity index (χ0n) is 13.4. The summed E-state index contributed by atoms with van der Waals surface area (Å²) in [6.45, 7) is 2.90. The van der Waals surface area contributed by atoms with E-state index in [0.717, 1.165) is 24.5 Å². The summed E-state index contributed by atoms with van der Waals surface area (Å²) in [7, 11) is 0. The molecule has 2 aromatic heterocycles. The standard InChI is InChI=1S/C17H18F3N3O2/c18-17(19,20)13-4-5-16(22-9-13)25-15-11-23(7-8-24-12-15)10-14-3-1-2-6-21-14/h1-6,9,15H,7-8,10-12H2/t15-/m1/s1. The van der Waals surface area contributed by atoms with Crippen LogP contribution >= 0.6 is 0 Å². The SMILES string of the molecule is FC(F)(F)c1ccc(O[C@H]2COCCN(Cc3ccccn3)C2)nc1. The Kier molecular flexibility index (Phi) is 5.50. The molecule has 0 radical (unpaired) electrons. The number of rotatable bonds is 4. The van der Waals surface area contributed by atoms with Gasteiger partial charge in [0.05, 0.1) is 24.5 Å². The van der Waals surface area contributed by atoms with Gasteiger partial charge in [-0.25, -0.2) is 4.98 Å². The van der Waals surface area contributed by atoms with Crippen molar-refractivity contribution in [1.82, 2.24) is 14.9 Å². The van der Waals surface area contributed by atoms with E-state index >= 15 is 0 Å². The first-order valence-electron chi connectivity index (χ1n) is 7.90. The molecule has 3 rings (SSSR count). The predicted molar refractivity (Wildman–Crippen MR) is 84.0 cm³/mol. The lowest BCUT2D eigenvalue weighted by molar-refractivity contribution is -0.137. The van der Waals surface area contributed by atoms with Gasteiger partial charge in [0.15, 0.2) is 0 Å². The third-order valence-electron chi connectivity index (χ3n) is 3.78. The van der Waals surface area contributed by atoms with Crippen LogP contribution in [0.4, 0.5) is 13.2 Å². The molecular weight excluding hydrogens is 335 g/mol. The number of hydrogen-bond donors (Lipinski definition) is 0. The van der Waals surface area contributed by atoms with Crippen LogP contribution in [0.3, 0.4) is 0 Å². The molecule has 1 aliphatic rings. The van der Waals surface area contributed by atoms with Crippen LogP contribution in [0, 0.1) is 0 Å². The minimum absolute atomic E-state index is 0.154. The van der Waals surface area contributed by atoms with Crippen LogP contribution in [-0.2, 0) is 17.5 Å². The molecule has 8 heteroatoms. The molecule has 25 heavy (non-hydrogen) atoms. The highest BCUT2D eigenvalue weighted by Crippen LogP contribution is 2.29. The molecular formula is C17H18F3N3O2. The summed E-state index contributed by atoms with van der Waals surface area (Å²) < 4.78 is 49.0. The topological polar surface area (TPSA) is 47.5 Å². The summed E-state index contributed by atoms with van der Waals surface area (Å²) in [6.07, 6.45) is -2.20. The molecule has 0 amide bonds. The van der Waals surface area contributed by atoms with Gasteiger partial charge in [-0.2, -0.15) is 13.2 Å². The molecule has 1 atom stereocenters. The second-order valence-corrected chi connectivity index (χ2v) is 5.75. The smallest absolute Gasteiger partial charge is 0.417 e. The molecule has 2 aromatic rings. The maximum atomic E-state index is 12.6. The molecule has 1 aliphatic heterocycles. The Morgan fingerprint density at radius 2 is 2.08 bits per heavy atom. The summed E-state index contributed by atoms with van der Waals surface area (Å²) >= 11 is 0. The number of halogens is 3. The largest absolute Gasteiger partial charge is 0.471 e. The molecule has 0 bridgehead atoms. The Morgan fingerprint density at radius 3 is 2.76 bits per heavy atom. The van der Waals surface area contributed by atoms with Crippen LogP contribution in [0.1, 0.15) is 11.3 Å². The average molecular weight is 353 g/mol. The third-order valence-corrected chi connectivity index (χ3v) is 3.78. The van der Waals surface area contributed by atoms with Crippen LogP contribution in [-0.4, -0.2) is 47.3 Å². The van der Waals surface area contributed by atoms with Crippen molar-refractivity contribution in [1.29, 1.82) is 0 Å². The van der Waals surface area contributed by atoms with Crippen molar-refractivity contribution in [3.8, 4) is 5.88 Å². The molecule has 5 nitrogen and oxygen atoms in total. The Balaban J connectivity index is 1.61. The minimum atomic E-state index is -4.41. The maximum absolute atomic E-state index is 12.6. The van der Waals surface area contributed by atoms with Gasteiger partial charge < -0.3 is 9.47 Å². The van der Waals surface area contributed by atoms with E-state index in [9.17, 15) is 13.2 Å². The zero-order chi connectivity index (χ0) is 17.7. The van der Waals surface area contributed by atoms with E-state index < -0.39 is 11.7 Å². The van der Waals surface area contributed by atoms with E-state index in [2.05, 4.69) is 14.9 Å². The van der Waals surface area contributed by atoms with E-state index in [4.69, 9.17) is 9.47 Å². The van der Waals surface area contributed by atoms with Crippen LogP contribution in [0.15, 0.2) is 42.7 Å². The molecule has 0 N–H and O–H groups in total. The molecule has 1 saturated heterocycles. The quantitative estimate of drug-likeness (QED) is 0.846. The van der Waals surface area contributed by atoms with Crippen LogP contribution in [0.5, 0.6) is 5.88 Å². The van der Waals surface area contributed by atoms with Crippen molar-refractivity contribution in [3.63, 3.8) is 0 Å². The first-order valence-corrected chi connectivity index (χ1v) is 7.90. The van der Waals surface area contributed by atoms with E-state index in [-0.39, 0.29) is 12.0 Å². The van der Waals surface area contributed by atoms with Gasteiger partial charge in [-0.1, -0.05) is 6.07 Å². The van der Waals surface area contributed by atoms with Gasteiger partial charge >= 0.3 is 6.18 Å². The van der Waals surface area contributed by atoms with Crippen LogP contribution < -0.4 is 4.74 Å². The van der Waals surface area contributed by atoms with Crippen molar-refractivity contribution in [2.75, 3.05) is 26.3 Å². The monoisotopic (exact) mass is 353 g/mol. The lowest BCUT2D eigenvalue weighted by Crippen LogP contribution is -2.36. The molecule has 1 fully saturated rings. The van der Waals surface area contributed by atoms with Crippen molar-refractivity contribution in [2.45, 2.75) is 18.8 Å². The molecule has 134 valence electrons. The maximum Gasteiger partial charge on any atom is 0.417 e. The Hall–Kier alpha value is -2.19. The second-order valence-electron chi connectivity index (χ2n) is 5.75. The number of ether oxygens (including phenoxy) is 2. The van der Waals surface area contributed by atoms with Gasteiger partial charge in [0.2, 0.25) is 5.88 Å². The first-order chi connectivity index (χ1) is 12.0. The number of hydrogen-bond acceptors (Lipinski definition) is 5. The number of aromatic nitrogens is 2. The molecule has 0 saturated carbocycles. The number of nitrogens with zero attached hydrogens (tertiary/aromatic N) is 3. The molecule has 0 aliphatic carbocycles. The fraction of sp³-hybridized carbons (Fsp3) is 0.412. The minimum Gasteiger partial charge on any atom is -0.471 e. The normalized spacial score (nSPS) is 19.4. The summed E-state index contributed by atoms with van der Waals surface area (Å²) in [5.41, 5.74) is 0.143. The van der Waals surface area contributed by atoms with Crippen molar-refractivity contribution >= 4 is 0 Å². The van der Waals surface area contributed by atoms with Crippen LogP contribution in [0.25, 0.3) is 0 Å². The highest BCUT2D eigenvalue weighted by molar-refractivity contribution is 5.20. The second kappa shape index (κ2) is 7.79. The van der Waals surface area contributed by atoms with Gasteiger partial charge in [-0.3, -0.25) is 9.88 Å². The summed E-state index contributed by atoms with van der Waals surface area (Å²) in [4.78, 5) is 10.2. The highest BCUT2D eigenvalue weighted by Gasteiger charge is 2.31. The Bertz CT molecular complexity index is 665. The zero-order valence-corrected chi connectivity index (χ0v) is 13.4. The van der Waals surface area contributed by atoms with Crippen molar-refractivity contribution in [3.05, 3.63) is 54.0 Å². The lowest BCUT2D eigenvalue weighted by atomic mass is 10.2. The van der Waals surface area contributed by atoms with E-state index in [1.54, 1.807) is 6.20 Å². The number of pyridine rings is 2. The van der Waals surface area contributed by atoms with E-state index in [1.165, 1.54) is 6.07 Å². The Labute approximate surface area is 143 Å². The molecule has 3 heterocycles. The summed E-state index contributed by atoms with van der Waals surface area (Å²) in [5, 5.41) is 0. The predicted octanol–water partition coefficient (Wildman–Crippen LogP) is 2.78. The van der Waals surface area contributed by atoms with Crippen LogP contribution in [0.2, 0.25) is 0 Å². The molecule has 0 spiro atoms. The van der Waals surface area contributed by atoms with Gasteiger partial charge in [-0.05, 0) is 18.2 Å².